The van der Waals surface area contributed by atoms with E-state index in [0.29, 0.717) is 17.2 Å². The zero-order valence-electron chi connectivity index (χ0n) is 7.59. The third kappa shape index (κ3) is 2.19. The number of hydrogen-bond acceptors (Lipinski definition) is 5. The molecule has 0 saturated heterocycles. The lowest BCUT2D eigenvalue weighted by Crippen LogP contribution is -2.11. The van der Waals surface area contributed by atoms with Crippen molar-refractivity contribution in [1.29, 1.82) is 0 Å². The van der Waals surface area contributed by atoms with Gasteiger partial charge in [-0.1, -0.05) is 0 Å². The van der Waals surface area contributed by atoms with Gasteiger partial charge in [-0.3, -0.25) is 0 Å². The number of nitrogens with two attached hydrogens (primary N) is 1. The highest BCUT2D eigenvalue weighted by molar-refractivity contribution is 7.16. The predicted octanol–water partition coefficient (Wildman–Crippen LogP) is 1.52. The van der Waals surface area contributed by atoms with Crippen LogP contribution in [0, 0.1) is 6.92 Å². The molecule has 0 aliphatic heterocycles. The molecule has 0 aromatic carbocycles. The zero-order valence-corrected chi connectivity index (χ0v) is 8.40. The molecular weight excluding hydrogens is 188 g/mol. The minimum Gasteiger partial charge on any atom is -0.462 e. The summed E-state index contributed by atoms with van der Waals surface area (Å²) in [6.45, 7) is 4.05. The average molecular weight is 200 g/mol. The van der Waals surface area contributed by atoms with E-state index in [1.807, 2.05) is 6.92 Å². The van der Waals surface area contributed by atoms with Gasteiger partial charge in [0.2, 0.25) is 0 Å². The molecule has 0 aliphatic carbocycles. The summed E-state index contributed by atoms with van der Waals surface area (Å²) in [7, 11) is 0. The van der Waals surface area contributed by atoms with Crippen molar-refractivity contribution < 1.29 is 9.53 Å². The van der Waals surface area contributed by atoms with Gasteiger partial charge in [0.25, 0.3) is 0 Å². The lowest BCUT2D eigenvalue weighted by molar-refractivity contribution is 0.0528. The normalized spacial score (nSPS) is 9.77. The molecule has 1 aromatic rings. The van der Waals surface area contributed by atoms with Crippen LogP contribution in [0.15, 0.2) is 6.07 Å². The summed E-state index contributed by atoms with van der Waals surface area (Å²) in [6, 6.07) is 1.76. The lowest BCUT2D eigenvalue weighted by atomic mass is 10.3. The van der Waals surface area contributed by atoms with Crippen molar-refractivity contribution in [3.8, 4) is 0 Å². The van der Waals surface area contributed by atoms with Crippen LogP contribution in [0.25, 0.3) is 0 Å². The summed E-state index contributed by atoms with van der Waals surface area (Å²) >= 11 is 1.43. The zero-order chi connectivity index (χ0) is 9.84. The molecule has 0 atom stereocenters. The maximum absolute atomic E-state index is 11.3. The standard InChI is InChI=1S/C8H12N2O2S/c1-3-12-8(11)6-4-5(2)13-7(6)10-9/h4,10H,3,9H2,1-2H3. The number of rotatable bonds is 3. The van der Waals surface area contributed by atoms with Gasteiger partial charge in [0, 0.05) is 4.88 Å². The van der Waals surface area contributed by atoms with Crippen LogP contribution in [0.1, 0.15) is 22.2 Å². The van der Waals surface area contributed by atoms with Gasteiger partial charge in [-0.25, -0.2) is 10.6 Å². The number of carbonyl (C=O) groups excluding carboxylic acids is 1. The molecule has 0 radical (unpaired) electrons. The van der Waals surface area contributed by atoms with Gasteiger partial charge in [0.05, 0.1) is 12.2 Å². The Balaban J connectivity index is 2.91. The molecule has 0 unspecified atom stereocenters. The van der Waals surface area contributed by atoms with E-state index in [0.717, 1.165) is 4.88 Å². The number of hydrazine groups is 1. The summed E-state index contributed by atoms with van der Waals surface area (Å²) < 4.78 is 4.86. The van der Waals surface area contributed by atoms with E-state index < -0.39 is 0 Å². The predicted molar refractivity (Wildman–Crippen MR) is 52.8 cm³/mol. The Bertz CT molecular complexity index is 309. The molecule has 0 bridgehead atoms. The van der Waals surface area contributed by atoms with Crippen LogP contribution in [0.2, 0.25) is 0 Å². The van der Waals surface area contributed by atoms with E-state index in [-0.39, 0.29) is 5.97 Å². The van der Waals surface area contributed by atoms with Gasteiger partial charge in [0.1, 0.15) is 5.00 Å². The summed E-state index contributed by atoms with van der Waals surface area (Å²) in [4.78, 5) is 12.4. The van der Waals surface area contributed by atoms with Crippen LogP contribution in [0.4, 0.5) is 5.00 Å². The fourth-order valence-corrected chi connectivity index (χ4v) is 1.79. The number of aryl methyl sites for hydroxylation is 1. The second kappa shape index (κ2) is 4.25. The maximum atomic E-state index is 11.3. The molecule has 72 valence electrons. The number of carbonyl (C=O) groups is 1. The highest BCUT2D eigenvalue weighted by Gasteiger charge is 2.14. The van der Waals surface area contributed by atoms with E-state index in [4.69, 9.17) is 10.6 Å². The third-order valence-corrected chi connectivity index (χ3v) is 2.46. The number of hydrogen-bond donors (Lipinski definition) is 2. The van der Waals surface area contributed by atoms with Gasteiger partial charge in [-0.05, 0) is 19.9 Å². The molecule has 0 fully saturated rings. The van der Waals surface area contributed by atoms with Crippen molar-refractivity contribution in [3.05, 3.63) is 16.5 Å². The van der Waals surface area contributed by atoms with Crippen LogP contribution < -0.4 is 11.3 Å². The quantitative estimate of drug-likeness (QED) is 0.441. The van der Waals surface area contributed by atoms with Crippen LogP contribution in [-0.4, -0.2) is 12.6 Å². The Hall–Kier alpha value is -1.07. The van der Waals surface area contributed by atoms with Crippen molar-refractivity contribution in [3.63, 3.8) is 0 Å². The Labute approximate surface area is 80.7 Å². The van der Waals surface area contributed by atoms with E-state index in [2.05, 4.69) is 5.43 Å². The van der Waals surface area contributed by atoms with E-state index in [9.17, 15) is 4.79 Å². The minimum absolute atomic E-state index is 0.334. The first-order valence-electron chi connectivity index (χ1n) is 3.93. The lowest BCUT2D eigenvalue weighted by Gasteiger charge is -2.01. The molecule has 1 aromatic heterocycles. The highest BCUT2D eigenvalue weighted by atomic mass is 32.1. The second-order valence-corrected chi connectivity index (χ2v) is 3.72. The van der Waals surface area contributed by atoms with E-state index >= 15 is 0 Å². The van der Waals surface area contributed by atoms with Gasteiger partial charge >= 0.3 is 5.97 Å². The molecule has 13 heavy (non-hydrogen) atoms. The van der Waals surface area contributed by atoms with Gasteiger partial charge in [-0.2, -0.15) is 0 Å². The number of anilines is 1. The van der Waals surface area contributed by atoms with Crippen molar-refractivity contribution in [1.82, 2.24) is 0 Å². The first-order valence-corrected chi connectivity index (χ1v) is 4.74. The molecule has 1 heterocycles. The smallest absolute Gasteiger partial charge is 0.341 e. The van der Waals surface area contributed by atoms with Crippen LogP contribution in [-0.2, 0) is 4.74 Å². The van der Waals surface area contributed by atoms with E-state index in [1.165, 1.54) is 11.3 Å². The topological polar surface area (TPSA) is 64.3 Å². The van der Waals surface area contributed by atoms with Crippen molar-refractivity contribution in [2.24, 2.45) is 5.84 Å². The fourth-order valence-electron chi connectivity index (χ4n) is 0.982. The molecule has 0 amide bonds. The average Bonchev–Trinajstić information content (AvgIpc) is 2.47. The van der Waals surface area contributed by atoms with Crippen LogP contribution >= 0.6 is 11.3 Å². The van der Waals surface area contributed by atoms with Gasteiger partial charge < -0.3 is 10.2 Å². The maximum Gasteiger partial charge on any atom is 0.341 e. The SMILES string of the molecule is CCOC(=O)c1cc(C)sc1NN. The monoisotopic (exact) mass is 200 g/mol. The minimum atomic E-state index is -0.334. The third-order valence-electron chi connectivity index (χ3n) is 1.48. The number of ether oxygens (including phenoxy) is 1. The molecule has 4 nitrogen and oxygen atoms in total. The number of esters is 1. The fraction of sp³-hybridized carbons (Fsp3) is 0.375. The molecule has 0 spiro atoms. The molecule has 0 saturated carbocycles. The number of thiophene rings is 1. The number of nitrogens with one attached hydrogen (secondary N) is 1. The Morgan fingerprint density at radius 2 is 2.46 bits per heavy atom. The summed E-state index contributed by atoms with van der Waals surface area (Å²) in [5, 5.41) is 0.649. The molecule has 3 N–H and O–H groups in total. The molecule has 0 aliphatic rings. The summed E-state index contributed by atoms with van der Waals surface area (Å²) in [5.41, 5.74) is 2.98. The Morgan fingerprint density at radius 3 is 3.00 bits per heavy atom. The van der Waals surface area contributed by atoms with Gasteiger partial charge in [0.15, 0.2) is 0 Å². The van der Waals surface area contributed by atoms with Crippen LogP contribution in [0.3, 0.4) is 0 Å². The first kappa shape index (κ1) is 10.0. The van der Waals surface area contributed by atoms with Crippen molar-refractivity contribution >= 4 is 22.3 Å². The molecule has 1 rings (SSSR count). The summed E-state index contributed by atoms with van der Waals surface area (Å²) in [5.74, 6) is 4.92. The summed E-state index contributed by atoms with van der Waals surface area (Å²) in [6.07, 6.45) is 0. The molecular formula is C8H12N2O2S. The first-order chi connectivity index (χ1) is 6.19. The Kier molecular flexibility index (Phi) is 3.27. The van der Waals surface area contributed by atoms with Crippen molar-refractivity contribution in [2.75, 3.05) is 12.0 Å². The number of nitrogen functional groups attached to an aromatic ring is 1. The van der Waals surface area contributed by atoms with Gasteiger partial charge in [-0.15, -0.1) is 11.3 Å². The Morgan fingerprint density at radius 1 is 1.77 bits per heavy atom. The van der Waals surface area contributed by atoms with E-state index in [1.54, 1.807) is 13.0 Å². The highest BCUT2D eigenvalue weighted by Crippen LogP contribution is 2.26. The van der Waals surface area contributed by atoms with Crippen molar-refractivity contribution in [2.45, 2.75) is 13.8 Å². The van der Waals surface area contributed by atoms with Crippen LogP contribution in [0.5, 0.6) is 0 Å². The molecule has 5 heteroatoms. The largest absolute Gasteiger partial charge is 0.462 e. The second-order valence-electron chi connectivity index (χ2n) is 2.46.